The van der Waals surface area contributed by atoms with Gasteiger partial charge in [0.2, 0.25) is 0 Å². The molecule has 0 aromatic heterocycles. The second kappa shape index (κ2) is 7.96. The van der Waals surface area contributed by atoms with E-state index in [9.17, 15) is 19.5 Å². The zero-order valence-corrected chi connectivity index (χ0v) is 13.4. The van der Waals surface area contributed by atoms with Crippen LogP contribution in [0.5, 0.6) is 5.75 Å². The maximum Gasteiger partial charge on any atom is 0.408 e. The molecule has 1 amide bonds. The molecule has 130 valence electrons. The highest BCUT2D eigenvalue weighted by atomic mass is 16.5. The van der Waals surface area contributed by atoms with Gasteiger partial charge in [0, 0.05) is 5.56 Å². The van der Waals surface area contributed by atoms with Gasteiger partial charge in [0.1, 0.15) is 17.9 Å². The molecule has 1 unspecified atom stereocenters. The van der Waals surface area contributed by atoms with Crippen molar-refractivity contribution in [2.75, 3.05) is 0 Å². The molecule has 0 saturated carbocycles. The van der Waals surface area contributed by atoms with Gasteiger partial charge in [0.15, 0.2) is 5.78 Å². The fourth-order valence-corrected chi connectivity index (χ4v) is 2.12. The van der Waals surface area contributed by atoms with Crippen LogP contribution in [-0.2, 0) is 11.3 Å². The lowest BCUT2D eigenvalue weighted by Crippen LogP contribution is -2.38. The second-order valence-corrected chi connectivity index (χ2v) is 5.33. The molecule has 0 radical (unpaired) electrons. The number of carboxylic acid groups (broad SMARTS) is 1. The number of carbonyl (C=O) groups is 3. The van der Waals surface area contributed by atoms with Crippen LogP contribution >= 0.6 is 0 Å². The number of phenols is 1. The Morgan fingerprint density at radius 2 is 1.80 bits per heavy atom. The summed E-state index contributed by atoms with van der Waals surface area (Å²) in [6.45, 7) is 1.54. The quantitative estimate of drug-likeness (QED) is 0.695. The molecule has 1 atom stereocenters. The highest BCUT2D eigenvalue weighted by Gasteiger charge is 2.20. The predicted molar refractivity (Wildman–Crippen MR) is 88.6 cm³/mol. The molecule has 25 heavy (non-hydrogen) atoms. The fraction of sp³-hybridized carbons (Fsp3) is 0.167. The van der Waals surface area contributed by atoms with Crippen molar-refractivity contribution in [3.63, 3.8) is 0 Å². The minimum Gasteiger partial charge on any atom is -0.507 e. The Morgan fingerprint density at radius 3 is 2.40 bits per heavy atom. The van der Waals surface area contributed by atoms with E-state index in [4.69, 9.17) is 9.84 Å². The molecule has 0 aliphatic heterocycles. The summed E-state index contributed by atoms with van der Waals surface area (Å²) in [5.41, 5.74) is 0.587. The van der Waals surface area contributed by atoms with Crippen molar-refractivity contribution >= 4 is 17.8 Å². The first-order valence-electron chi connectivity index (χ1n) is 7.46. The molecular weight excluding hydrogens is 326 g/mol. The number of nitrogens with one attached hydrogen (secondary N) is 1. The summed E-state index contributed by atoms with van der Waals surface area (Å²) in [5.74, 6) is -2.30. The highest BCUT2D eigenvalue weighted by Crippen LogP contribution is 2.19. The van der Waals surface area contributed by atoms with E-state index in [0.29, 0.717) is 0 Å². The van der Waals surface area contributed by atoms with E-state index in [1.807, 2.05) is 18.2 Å². The van der Waals surface area contributed by atoms with E-state index in [1.54, 1.807) is 12.1 Å². The van der Waals surface area contributed by atoms with Gasteiger partial charge in [-0.2, -0.15) is 0 Å². The van der Waals surface area contributed by atoms with Crippen molar-refractivity contribution in [1.82, 2.24) is 5.32 Å². The third kappa shape index (κ3) is 4.81. The van der Waals surface area contributed by atoms with Crippen LogP contribution in [-0.4, -0.2) is 34.1 Å². The average Bonchev–Trinajstić information content (AvgIpc) is 2.59. The SMILES string of the molecule is CC(NC(=O)OCc1ccccc1)C(=O)c1ccc(C(=O)O)c(O)c1. The Balaban J connectivity index is 1.94. The largest absolute Gasteiger partial charge is 0.507 e. The zero-order chi connectivity index (χ0) is 18.4. The topological polar surface area (TPSA) is 113 Å². The van der Waals surface area contributed by atoms with Gasteiger partial charge in [0.25, 0.3) is 0 Å². The molecule has 2 aromatic carbocycles. The molecule has 0 bridgehead atoms. The third-order valence-electron chi connectivity index (χ3n) is 3.45. The Kier molecular flexibility index (Phi) is 5.73. The molecule has 2 aromatic rings. The number of Topliss-reactive ketones (excluding diaryl/α,β-unsaturated/α-hetero) is 1. The third-order valence-corrected chi connectivity index (χ3v) is 3.45. The van der Waals surface area contributed by atoms with Crippen LogP contribution in [0, 0.1) is 0 Å². The van der Waals surface area contributed by atoms with Gasteiger partial charge >= 0.3 is 12.1 Å². The lowest BCUT2D eigenvalue weighted by atomic mass is 10.0. The number of aromatic carboxylic acids is 1. The molecule has 7 nitrogen and oxygen atoms in total. The van der Waals surface area contributed by atoms with Crippen LogP contribution in [0.2, 0.25) is 0 Å². The van der Waals surface area contributed by atoms with E-state index < -0.39 is 29.6 Å². The number of ether oxygens (including phenoxy) is 1. The molecule has 0 fully saturated rings. The van der Waals surface area contributed by atoms with E-state index in [2.05, 4.69) is 5.32 Å². The van der Waals surface area contributed by atoms with Gasteiger partial charge in [-0.15, -0.1) is 0 Å². The summed E-state index contributed by atoms with van der Waals surface area (Å²) in [6.07, 6.45) is -0.754. The summed E-state index contributed by atoms with van der Waals surface area (Å²) in [5, 5.41) is 20.9. The number of carbonyl (C=O) groups excluding carboxylic acids is 2. The van der Waals surface area contributed by atoms with Crippen molar-refractivity contribution in [2.45, 2.75) is 19.6 Å². The lowest BCUT2D eigenvalue weighted by Gasteiger charge is -2.13. The molecule has 0 aliphatic rings. The van der Waals surface area contributed by atoms with Crippen LogP contribution in [0.3, 0.4) is 0 Å². The lowest BCUT2D eigenvalue weighted by molar-refractivity contribution is 0.0693. The standard InChI is InChI=1S/C18H17NO6/c1-11(19-18(24)25-10-12-5-3-2-4-6-12)16(21)13-7-8-14(17(22)23)15(20)9-13/h2-9,11,20H,10H2,1H3,(H,19,24)(H,22,23). The first kappa shape index (κ1) is 18.0. The first-order chi connectivity index (χ1) is 11.9. The number of hydrogen-bond acceptors (Lipinski definition) is 5. The summed E-state index contributed by atoms with van der Waals surface area (Å²) in [4.78, 5) is 34.9. The molecule has 0 aliphatic carbocycles. The molecule has 2 rings (SSSR count). The van der Waals surface area contributed by atoms with E-state index in [0.717, 1.165) is 17.7 Å². The van der Waals surface area contributed by atoms with Crippen molar-refractivity contribution < 1.29 is 29.3 Å². The van der Waals surface area contributed by atoms with Crippen molar-refractivity contribution in [3.05, 3.63) is 65.2 Å². The Bertz CT molecular complexity index is 787. The number of amides is 1. The maximum atomic E-state index is 12.3. The molecule has 3 N–H and O–H groups in total. The normalized spacial score (nSPS) is 11.4. The monoisotopic (exact) mass is 343 g/mol. The minimum atomic E-state index is -1.30. The van der Waals surface area contributed by atoms with Crippen LogP contribution in [0.25, 0.3) is 0 Å². The van der Waals surface area contributed by atoms with Crippen LogP contribution in [0.4, 0.5) is 4.79 Å². The first-order valence-corrected chi connectivity index (χ1v) is 7.46. The number of aromatic hydroxyl groups is 1. The van der Waals surface area contributed by atoms with Gasteiger partial charge in [-0.05, 0) is 24.6 Å². The number of hydrogen-bond donors (Lipinski definition) is 3. The van der Waals surface area contributed by atoms with E-state index in [-0.39, 0.29) is 17.7 Å². The Hall–Kier alpha value is -3.35. The average molecular weight is 343 g/mol. The summed E-state index contributed by atoms with van der Waals surface area (Å²) < 4.78 is 5.03. The minimum absolute atomic E-state index is 0.0711. The molecule has 0 spiro atoms. The van der Waals surface area contributed by atoms with Gasteiger partial charge in [-0.1, -0.05) is 36.4 Å². The number of alkyl carbamates (subject to hydrolysis) is 1. The van der Waals surface area contributed by atoms with Crippen molar-refractivity contribution in [2.24, 2.45) is 0 Å². The molecule has 7 heteroatoms. The Labute approximate surface area is 143 Å². The van der Waals surface area contributed by atoms with Crippen LogP contribution < -0.4 is 5.32 Å². The van der Waals surface area contributed by atoms with Crippen molar-refractivity contribution in [1.29, 1.82) is 0 Å². The van der Waals surface area contributed by atoms with Crippen LogP contribution in [0.1, 0.15) is 33.2 Å². The zero-order valence-electron chi connectivity index (χ0n) is 13.4. The highest BCUT2D eigenvalue weighted by molar-refractivity contribution is 6.02. The maximum absolute atomic E-state index is 12.3. The smallest absolute Gasteiger partial charge is 0.408 e. The summed E-state index contributed by atoms with van der Waals surface area (Å²) >= 11 is 0. The van der Waals surface area contributed by atoms with E-state index in [1.165, 1.54) is 13.0 Å². The van der Waals surface area contributed by atoms with Crippen LogP contribution in [0.15, 0.2) is 48.5 Å². The van der Waals surface area contributed by atoms with Gasteiger partial charge in [0.05, 0.1) is 6.04 Å². The fourth-order valence-electron chi connectivity index (χ4n) is 2.12. The van der Waals surface area contributed by atoms with Gasteiger partial charge < -0.3 is 20.3 Å². The Morgan fingerprint density at radius 1 is 1.12 bits per heavy atom. The number of benzene rings is 2. The van der Waals surface area contributed by atoms with Gasteiger partial charge in [-0.25, -0.2) is 9.59 Å². The number of rotatable bonds is 6. The molecule has 0 heterocycles. The second-order valence-electron chi connectivity index (χ2n) is 5.33. The predicted octanol–water partition coefficient (Wildman–Crippen LogP) is 2.59. The molecular formula is C18H17NO6. The van der Waals surface area contributed by atoms with E-state index >= 15 is 0 Å². The summed E-state index contributed by atoms with van der Waals surface area (Å²) in [6, 6.07) is 11.6. The molecule has 0 saturated heterocycles. The van der Waals surface area contributed by atoms with Gasteiger partial charge in [-0.3, -0.25) is 4.79 Å². The number of ketones is 1. The van der Waals surface area contributed by atoms with Crippen molar-refractivity contribution in [3.8, 4) is 5.75 Å². The number of carboxylic acids is 1. The summed E-state index contributed by atoms with van der Waals surface area (Å²) in [7, 11) is 0.